The summed E-state index contributed by atoms with van der Waals surface area (Å²) in [5.74, 6) is 0.944. The van der Waals surface area contributed by atoms with E-state index in [0.717, 1.165) is 42.8 Å². The molecule has 2 aromatic rings. The van der Waals surface area contributed by atoms with E-state index < -0.39 is 0 Å². The lowest BCUT2D eigenvalue weighted by molar-refractivity contribution is -0.133. The molecule has 1 N–H and O–H groups in total. The van der Waals surface area contributed by atoms with Crippen LogP contribution < -0.4 is 5.56 Å². The second-order valence-electron chi connectivity index (χ2n) is 8.23. The van der Waals surface area contributed by atoms with Gasteiger partial charge < -0.3 is 14.8 Å². The van der Waals surface area contributed by atoms with Crippen molar-refractivity contribution < 1.29 is 9.59 Å². The molecule has 29 heavy (non-hydrogen) atoms. The Morgan fingerprint density at radius 2 is 2.03 bits per heavy atom. The molecule has 2 aliphatic heterocycles. The molecule has 7 nitrogen and oxygen atoms in total. The standard InChI is InChI=1S/C21H24N4O3S/c1-12-4-7-17(29-12)21(28)24-10-8-15-14(11-24)19(26)23-18(22-15)16-3-2-9-25(16)20(27)13-5-6-13/h4,7,13,16H,2-3,5-6,8-11H2,1H3,(H,22,23,26). The van der Waals surface area contributed by atoms with E-state index in [1.54, 1.807) is 4.90 Å². The van der Waals surface area contributed by atoms with Gasteiger partial charge in [-0.3, -0.25) is 14.4 Å². The van der Waals surface area contributed by atoms with Gasteiger partial charge in [0.15, 0.2) is 0 Å². The Kier molecular flexibility index (Phi) is 4.53. The topological polar surface area (TPSA) is 86.4 Å². The van der Waals surface area contributed by atoms with Gasteiger partial charge in [0, 0.05) is 30.3 Å². The summed E-state index contributed by atoms with van der Waals surface area (Å²) in [7, 11) is 0. The summed E-state index contributed by atoms with van der Waals surface area (Å²) in [6, 6.07) is 3.65. The molecule has 8 heteroatoms. The van der Waals surface area contributed by atoms with Crippen LogP contribution in [0.25, 0.3) is 0 Å². The van der Waals surface area contributed by atoms with E-state index in [9.17, 15) is 14.4 Å². The zero-order valence-corrected chi connectivity index (χ0v) is 17.3. The van der Waals surface area contributed by atoms with Crippen molar-refractivity contribution in [3.05, 3.63) is 49.3 Å². The zero-order chi connectivity index (χ0) is 20.1. The van der Waals surface area contributed by atoms with Gasteiger partial charge in [0.25, 0.3) is 11.5 Å². The number of fused-ring (bicyclic) bond motifs is 1. The Morgan fingerprint density at radius 3 is 2.76 bits per heavy atom. The minimum atomic E-state index is -0.185. The third-order valence-electron chi connectivity index (χ3n) is 6.10. The molecule has 2 fully saturated rings. The normalized spacial score (nSPS) is 21.3. The van der Waals surface area contributed by atoms with E-state index in [0.29, 0.717) is 29.2 Å². The summed E-state index contributed by atoms with van der Waals surface area (Å²) >= 11 is 1.47. The van der Waals surface area contributed by atoms with Crippen molar-refractivity contribution in [2.45, 2.75) is 51.6 Å². The number of nitrogens with zero attached hydrogens (tertiary/aromatic N) is 3. The maximum atomic E-state index is 12.8. The molecule has 1 aliphatic carbocycles. The highest BCUT2D eigenvalue weighted by Gasteiger charge is 2.40. The molecule has 0 spiro atoms. The van der Waals surface area contributed by atoms with Gasteiger partial charge >= 0.3 is 0 Å². The van der Waals surface area contributed by atoms with Crippen molar-refractivity contribution >= 4 is 23.2 Å². The van der Waals surface area contributed by atoms with E-state index in [1.165, 1.54) is 11.3 Å². The van der Waals surface area contributed by atoms with Crippen LogP contribution >= 0.6 is 11.3 Å². The molecule has 2 amide bonds. The van der Waals surface area contributed by atoms with Gasteiger partial charge in [0.05, 0.1) is 28.7 Å². The maximum Gasteiger partial charge on any atom is 0.264 e. The van der Waals surface area contributed by atoms with Crippen molar-refractivity contribution in [3.63, 3.8) is 0 Å². The first-order chi connectivity index (χ1) is 14.0. The summed E-state index contributed by atoms with van der Waals surface area (Å²) in [6.07, 6.45) is 4.29. The molecule has 4 heterocycles. The van der Waals surface area contributed by atoms with Gasteiger partial charge in [-0.05, 0) is 44.7 Å². The van der Waals surface area contributed by atoms with Crippen LogP contribution in [-0.2, 0) is 17.8 Å². The third kappa shape index (κ3) is 3.39. The highest BCUT2D eigenvalue weighted by atomic mass is 32.1. The lowest BCUT2D eigenvalue weighted by Gasteiger charge is -2.29. The van der Waals surface area contributed by atoms with Gasteiger partial charge in [0.1, 0.15) is 5.82 Å². The predicted molar refractivity (Wildman–Crippen MR) is 109 cm³/mol. The number of thiophene rings is 1. The van der Waals surface area contributed by atoms with Crippen molar-refractivity contribution in [1.29, 1.82) is 0 Å². The van der Waals surface area contributed by atoms with Gasteiger partial charge in [-0.25, -0.2) is 4.98 Å². The summed E-state index contributed by atoms with van der Waals surface area (Å²) in [5.41, 5.74) is 1.15. The first kappa shape index (κ1) is 18.5. The number of amides is 2. The molecule has 1 saturated heterocycles. The lowest BCUT2D eigenvalue weighted by atomic mass is 10.1. The lowest BCUT2D eigenvalue weighted by Crippen LogP contribution is -2.40. The first-order valence-corrected chi connectivity index (χ1v) is 11.1. The van der Waals surface area contributed by atoms with Crippen LogP contribution in [0.4, 0.5) is 0 Å². The van der Waals surface area contributed by atoms with Crippen LogP contribution in [0.15, 0.2) is 16.9 Å². The van der Waals surface area contributed by atoms with Crippen LogP contribution in [0.5, 0.6) is 0 Å². The molecule has 3 aliphatic rings. The van der Waals surface area contributed by atoms with Gasteiger partial charge in [-0.15, -0.1) is 11.3 Å². The quantitative estimate of drug-likeness (QED) is 0.839. The fourth-order valence-electron chi connectivity index (χ4n) is 4.36. The van der Waals surface area contributed by atoms with Crippen LogP contribution in [0, 0.1) is 12.8 Å². The van der Waals surface area contributed by atoms with Crippen molar-refractivity contribution in [2.24, 2.45) is 5.92 Å². The van der Waals surface area contributed by atoms with Crippen LogP contribution in [-0.4, -0.2) is 44.7 Å². The van der Waals surface area contributed by atoms with E-state index in [1.807, 2.05) is 24.0 Å². The fraction of sp³-hybridized carbons (Fsp3) is 0.524. The van der Waals surface area contributed by atoms with E-state index >= 15 is 0 Å². The average molecular weight is 413 g/mol. The minimum absolute atomic E-state index is 0.0331. The zero-order valence-electron chi connectivity index (χ0n) is 16.4. The Morgan fingerprint density at radius 1 is 1.21 bits per heavy atom. The number of aromatic amines is 1. The van der Waals surface area contributed by atoms with E-state index in [2.05, 4.69) is 4.98 Å². The highest BCUT2D eigenvalue weighted by Crippen LogP contribution is 2.37. The molecule has 152 valence electrons. The maximum absolute atomic E-state index is 12.8. The number of hydrogen-bond donors (Lipinski definition) is 1. The molecule has 1 unspecified atom stereocenters. The molecule has 0 radical (unpaired) electrons. The van der Waals surface area contributed by atoms with Gasteiger partial charge in [-0.1, -0.05) is 0 Å². The van der Waals surface area contributed by atoms with Crippen LogP contribution in [0.2, 0.25) is 0 Å². The molecular formula is C21H24N4O3S. The number of aromatic nitrogens is 2. The van der Waals surface area contributed by atoms with Gasteiger partial charge in [0.2, 0.25) is 5.91 Å². The molecule has 1 saturated carbocycles. The van der Waals surface area contributed by atoms with Crippen LogP contribution in [0.1, 0.15) is 63.4 Å². The van der Waals surface area contributed by atoms with Crippen molar-refractivity contribution in [2.75, 3.05) is 13.1 Å². The second kappa shape index (κ2) is 7.09. The number of hydrogen-bond acceptors (Lipinski definition) is 5. The van der Waals surface area contributed by atoms with Crippen molar-refractivity contribution in [1.82, 2.24) is 19.8 Å². The Hall–Kier alpha value is -2.48. The Balaban J connectivity index is 1.38. The second-order valence-corrected chi connectivity index (χ2v) is 9.52. The fourth-order valence-corrected chi connectivity index (χ4v) is 5.20. The molecule has 1 atom stereocenters. The van der Waals surface area contributed by atoms with E-state index in [-0.39, 0.29) is 35.9 Å². The summed E-state index contributed by atoms with van der Waals surface area (Å²) in [4.78, 5) is 51.3. The number of nitrogens with one attached hydrogen (secondary N) is 1. The largest absolute Gasteiger partial charge is 0.333 e. The van der Waals surface area contributed by atoms with E-state index in [4.69, 9.17) is 4.98 Å². The predicted octanol–water partition coefficient (Wildman–Crippen LogP) is 2.41. The number of carbonyl (C=O) groups is 2. The monoisotopic (exact) mass is 412 g/mol. The average Bonchev–Trinajstić information content (AvgIpc) is 3.29. The third-order valence-corrected chi connectivity index (χ3v) is 7.09. The molecule has 2 aromatic heterocycles. The number of H-pyrrole nitrogens is 1. The summed E-state index contributed by atoms with van der Waals surface area (Å²) < 4.78 is 0. The summed E-state index contributed by atoms with van der Waals surface area (Å²) in [6.45, 7) is 3.55. The molecule has 0 bridgehead atoms. The van der Waals surface area contributed by atoms with Gasteiger partial charge in [-0.2, -0.15) is 0 Å². The molecule has 0 aromatic carbocycles. The Labute approximate surface area is 172 Å². The number of carbonyl (C=O) groups excluding carboxylic acids is 2. The van der Waals surface area contributed by atoms with Crippen molar-refractivity contribution in [3.8, 4) is 0 Å². The first-order valence-electron chi connectivity index (χ1n) is 10.3. The smallest absolute Gasteiger partial charge is 0.264 e. The molecular weight excluding hydrogens is 388 g/mol. The number of likely N-dealkylation sites (tertiary alicyclic amines) is 1. The summed E-state index contributed by atoms with van der Waals surface area (Å²) in [5, 5.41) is 0. The Bertz CT molecular complexity index is 1040. The van der Waals surface area contributed by atoms with Crippen LogP contribution in [0.3, 0.4) is 0 Å². The number of rotatable bonds is 3. The minimum Gasteiger partial charge on any atom is -0.333 e. The number of aryl methyl sites for hydroxylation is 1. The SMILES string of the molecule is Cc1ccc(C(=O)N2CCc3nc(C4CCCN4C(=O)C4CC4)[nH]c(=O)c3C2)s1. The molecule has 5 rings (SSSR count). The highest BCUT2D eigenvalue weighted by molar-refractivity contribution is 7.13.